The van der Waals surface area contributed by atoms with Crippen molar-refractivity contribution in [2.45, 2.75) is 0 Å². The Morgan fingerprint density at radius 1 is 0.824 bits per heavy atom. The standard InChI is InChI=1S/C27H18N4O2S/c1-33-20-14-12-19(13-15-20)31-16-28-24-22-21(17-8-4-2-5-9-17)23(18-10-6-3-7-11-18)29-30-26(22)34-25(24)27(31)32/h2-16H,1H3. The van der Waals surface area contributed by atoms with Gasteiger partial charge in [-0.3, -0.25) is 9.36 Å². The van der Waals surface area contributed by atoms with Crippen molar-refractivity contribution < 1.29 is 4.74 Å². The summed E-state index contributed by atoms with van der Waals surface area (Å²) in [7, 11) is 1.61. The lowest BCUT2D eigenvalue weighted by molar-refractivity contribution is 0.414. The Balaban J connectivity index is 1.66. The predicted octanol–water partition coefficient (Wildman–Crippen LogP) is 5.73. The maximum Gasteiger partial charge on any atom is 0.275 e. The first-order valence-corrected chi connectivity index (χ1v) is 11.5. The van der Waals surface area contributed by atoms with Crippen molar-refractivity contribution in [2.24, 2.45) is 0 Å². The molecule has 0 N–H and O–H groups in total. The molecule has 0 saturated carbocycles. The molecule has 0 spiro atoms. The van der Waals surface area contributed by atoms with E-state index < -0.39 is 0 Å². The molecule has 164 valence electrons. The minimum Gasteiger partial charge on any atom is -0.497 e. The first-order chi connectivity index (χ1) is 16.7. The van der Waals surface area contributed by atoms with Gasteiger partial charge in [0.25, 0.3) is 5.56 Å². The van der Waals surface area contributed by atoms with Crippen molar-refractivity contribution in [3.63, 3.8) is 0 Å². The Morgan fingerprint density at radius 2 is 1.50 bits per heavy atom. The number of methoxy groups -OCH3 is 1. The Hall–Kier alpha value is -4.36. The Labute approximate surface area is 198 Å². The van der Waals surface area contributed by atoms with E-state index in [1.54, 1.807) is 18.0 Å². The minimum absolute atomic E-state index is 0.140. The van der Waals surface area contributed by atoms with Gasteiger partial charge in [0.2, 0.25) is 0 Å². The zero-order valence-electron chi connectivity index (χ0n) is 18.2. The van der Waals surface area contributed by atoms with Crippen LogP contribution in [0.2, 0.25) is 0 Å². The quantitative estimate of drug-likeness (QED) is 0.334. The summed E-state index contributed by atoms with van der Waals surface area (Å²) in [6.45, 7) is 0. The summed E-state index contributed by atoms with van der Waals surface area (Å²) in [6.07, 6.45) is 1.58. The minimum atomic E-state index is -0.140. The van der Waals surface area contributed by atoms with Gasteiger partial charge in [-0.2, -0.15) is 0 Å². The van der Waals surface area contributed by atoms with E-state index in [-0.39, 0.29) is 5.56 Å². The number of rotatable bonds is 4. The molecule has 0 unspecified atom stereocenters. The maximum atomic E-state index is 13.5. The average Bonchev–Trinajstić information content (AvgIpc) is 3.29. The molecule has 0 fully saturated rings. The molecular weight excluding hydrogens is 444 g/mol. The SMILES string of the molecule is COc1ccc(-n2cnc3c(sc4nnc(-c5ccccc5)c(-c5ccccc5)c43)c2=O)cc1. The first kappa shape index (κ1) is 20.3. The average molecular weight is 463 g/mol. The van der Waals surface area contributed by atoms with E-state index >= 15 is 0 Å². The third kappa shape index (κ3) is 3.25. The molecule has 3 heterocycles. The van der Waals surface area contributed by atoms with Gasteiger partial charge >= 0.3 is 0 Å². The fourth-order valence-electron chi connectivity index (χ4n) is 4.13. The topological polar surface area (TPSA) is 69.9 Å². The third-order valence-corrected chi connectivity index (χ3v) is 6.82. The molecule has 0 amide bonds. The van der Waals surface area contributed by atoms with Crippen molar-refractivity contribution in [1.82, 2.24) is 19.7 Å². The highest BCUT2D eigenvalue weighted by atomic mass is 32.1. The molecule has 3 aromatic heterocycles. The highest BCUT2D eigenvalue weighted by Gasteiger charge is 2.21. The zero-order chi connectivity index (χ0) is 23.1. The maximum absolute atomic E-state index is 13.5. The number of hydrogen-bond donors (Lipinski definition) is 0. The van der Waals surface area contributed by atoms with Gasteiger partial charge in [-0.25, -0.2) is 4.98 Å². The highest BCUT2D eigenvalue weighted by molar-refractivity contribution is 7.25. The second kappa shape index (κ2) is 8.20. The molecule has 6 nitrogen and oxygen atoms in total. The lowest BCUT2D eigenvalue weighted by Gasteiger charge is -2.10. The molecule has 6 rings (SSSR count). The molecule has 0 radical (unpaired) electrons. The monoisotopic (exact) mass is 462 g/mol. The molecule has 3 aromatic carbocycles. The number of aromatic nitrogens is 4. The number of fused-ring (bicyclic) bond motifs is 3. The summed E-state index contributed by atoms with van der Waals surface area (Å²) in [5.41, 5.74) is 4.87. The lowest BCUT2D eigenvalue weighted by Crippen LogP contribution is -2.17. The van der Waals surface area contributed by atoms with Crippen LogP contribution in [0.5, 0.6) is 5.75 Å². The summed E-state index contributed by atoms with van der Waals surface area (Å²) in [5.74, 6) is 0.726. The van der Waals surface area contributed by atoms with Crippen LogP contribution < -0.4 is 10.3 Å². The second-order valence-corrected chi connectivity index (χ2v) is 8.73. The van der Waals surface area contributed by atoms with Crippen molar-refractivity contribution in [3.05, 3.63) is 102 Å². The van der Waals surface area contributed by atoms with Crippen LogP contribution in [-0.2, 0) is 0 Å². The van der Waals surface area contributed by atoms with Crippen LogP contribution >= 0.6 is 11.3 Å². The van der Waals surface area contributed by atoms with Crippen molar-refractivity contribution >= 4 is 31.8 Å². The molecule has 0 aliphatic carbocycles. The van der Waals surface area contributed by atoms with E-state index in [0.29, 0.717) is 15.0 Å². The summed E-state index contributed by atoms with van der Waals surface area (Å²) >= 11 is 1.32. The molecule has 0 aliphatic heterocycles. The van der Waals surface area contributed by atoms with Gasteiger partial charge in [0.15, 0.2) is 0 Å². The number of ether oxygens (including phenoxy) is 1. The third-order valence-electron chi connectivity index (χ3n) is 5.77. The van der Waals surface area contributed by atoms with Gasteiger partial charge in [0.05, 0.1) is 18.3 Å². The normalized spacial score (nSPS) is 11.2. The van der Waals surface area contributed by atoms with Crippen LogP contribution in [0.1, 0.15) is 0 Å². The summed E-state index contributed by atoms with van der Waals surface area (Å²) in [6, 6.07) is 27.3. The van der Waals surface area contributed by atoms with E-state index in [4.69, 9.17) is 9.72 Å². The number of hydrogen-bond acceptors (Lipinski definition) is 6. The summed E-state index contributed by atoms with van der Waals surface area (Å²) in [5, 5.41) is 9.95. The van der Waals surface area contributed by atoms with Crippen molar-refractivity contribution in [2.75, 3.05) is 7.11 Å². The smallest absolute Gasteiger partial charge is 0.275 e. The largest absolute Gasteiger partial charge is 0.497 e. The fraction of sp³-hybridized carbons (Fsp3) is 0.0370. The van der Waals surface area contributed by atoms with Crippen LogP contribution in [0.3, 0.4) is 0 Å². The molecule has 0 bridgehead atoms. The molecule has 7 heteroatoms. The second-order valence-electron chi connectivity index (χ2n) is 7.73. The molecule has 0 aliphatic rings. The molecule has 0 atom stereocenters. The van der Waals surface area contributed by atoms with Gasteiger partial charge in [-0.1, -0.05) is 60.7 Å². The van der Waals surface area contributed by atoms with Crippen molar-refractivity contribution in [3.8, 4) is 33.8 Å². The van der Waals surface area contributed by atoms with Gasteiger partial charge in [0, 0.05) is 16.5 Å². The van der Waals surface area contributed by atoms with E-state index in [1.807, 2.05) is 84.9 Å². The van der Waals surface area contributed by atoms with Crippen molar-refractivity contribution in [1.29, 1.82) is 0 Å². The summed E-state index contributed by atoms with van der Waals surface area (Å²) < 4.78 is 7.32. The van der Waals surface area contributed by atoms with Crippen LogP contribution in [-0.4, -0.2) is 26.9 Å². The molecule has 0 saturated heterocycles. The first-order valence-electron chi connectivity index (χ1n) is 10.7. The van der Waals surface area contributed by atoms with E-state index in [0.717, 1.165) is 39.2 Å². The number of nitrogens with zero attached hydrogens (tertiary/aromatic N) is 4. The Bertz CT molecular complexity index is 1690. The van der Waals surface area contributed by atoms with Gasteiger partial charge < -0.3 is 4.74 Å². The summed E-state index contributed by atoms with van der Waals surface area (Å²) in [4.78, 5) is 18.9. The molecular formula is C27H18N4O2S. The van der Waals surface area contributed by atoms with Crippen LogP contribution in [0.4, 0.5) is 0 Å². The zero-order valence-corrected chi connectivity index (χ0v) is 19.0. The number of thiophene rings is 1. The van der Waals surface area contributed by atoms with Crippen LogP contribution in [0.25, 0.3) is 48.5 Å². The van der Waals surface area contributed by atoms with Crippen LogP contribution in [0, 0.1) is 0 Å². The fourth-order valence-corrected chi connectivity index (χ4v) is 5.14. The van der Waals surface area contributed by atoms with Crippen LogP contribution in [0.15, 0.2) is 96.1 Å². The molecule has 34 heavy (non-hydrogen) atoms. The van der Waals surface area contributed by atoms with E-state index in [1.165, 1.54) is 11.3 Å². The van der Waals surface area contributed by atoms with Gasteiger partial charge in [0.1, 0.15) is 27.3 Å². The number of benzene rings is 3. The molecule has 6 aromatic rings. The van der Waals surface area contributed by atoms with Gasteiger partial charge in [-0.15, -0.1) is 21.5 Å². The lowest BCUT2D eigenvalue weighted by atomic mass is 9.97. The predicted molar refractivity (Wildman–Crippen MR) is 136 cm³/mol. The van der Waals surface area contributed by atoms with E-state index in [2.05, 4.69) is 10.2 Å². The highest BCUT2D eigenvalue weighted by Crippen LogP contribution is 2.41. The Kier molecular flexibility index (Phi) is 4.89. The van der Waals surface area contributed by atoms with E-state index in [9.17, 15) is 4.79 Å². The Morgan fingerprint density at radius 3 is 2.18 bits per heavy atom. The van der Waals surface area contributed by atoms with Gasteiger partial charge in [-0.05, 0) is 29.8 Å².